The molecule has 0 aromatic heterocycles. The first-order valence-corrected chi connectivity index (χ1v) is 6.00. The molecular formula is C12H13BrN2O2. The van der Waals surface area contributed by atoms with Crippen molar-refractivity contribution in [1.29, 1.82) is 5.26 Å². The zero-order valence-electron chi connectivity index (χ0n) is 9.44. The van der Waals surface area contributed by atoms with E-state index >= 15 is 0 Å². The van der Waals surface area contributed by atoms with E-state index in [1.807, 2.05) is 18.2 Å². The van der Waals surface area contributed by atoms with E-state index < -0.39 is 5.41 Å². The highest BCUT2D eigenvalue weighted by Gasteiger charge is 2.45. The van der Waals surface area contributed by atoms with Gasteiger partial charge in [-0.05, 0) is 33.6 Å². The van der Waals surface area contributed by atoms with Gasteiger partial charge in [0.25, 0.3) is 0 Å². The largest absolute Gasteiger partial charge is 0.496 e. The molecule has 17 heavy (non-hydrogen) atoms. The Morgan fingerprint density at radius 3 is 2.71 bits per heavy atom. The fourth-order valence-electron chi connectivity index (χ4n) is 1.83. The number of hydrogen-bond donors (Lipinski definition) is 1. The number of methoxy groups -OCH3 is 1. The van der Waals surface area contributed by atoms with Crippen LogP contribution in [0.5, 0.6) is 5.75 Å². The summed E-state index contributed by atoms with van der Waals surface area (Å²) in [5, 5.41) is 9.19. The topological polar surface area (TPSA) is 68.3 Å². The van der Waals surface area contributed by atoms with Crippen molar-refractivity contribution in [3.05, 3.63) is 28.2 Å². The summed E-state index contributed by atoms with van der Waals surface area (Å²) in [5.74, 6) is 0.747. The number of nitrogens with two attached hydrogens (primary N) is 1. The van der Waals surface area contributed by atoms with Gasteiger partial charge in [0.15, 0.2) is 0 Å². The molecule has 1 saturated heterocycles. The first-order valence-electron chi connectivity index (χ1n) is 5.21. The Hall–Kier alpha value is -1.09. The molecule has 0 spiro atoms. The molecule has 0 aliphatic carbocycles. The quantitative estimate of drug-likeness (QED) is 0.926. The molecular weight excluding hydrogens is 284 g/mol. The summed E-state index contributed by atoms with van der Waals surface area (Å²) in [6, 6.07) is 7.53. The van der Waals surface area contributed by atoms with Gasteiger partial charge in [-0.25, -0.2) is 0 Å². The summed E-state index contributed by atoms with van der Waals surface area (Å²) in [7, 11) is 1.61. The van der Waals surface area contributed by atoms with E-state index in [1.165, 1.54) is 0 Å². The molecule has 0 radical (unpaired) electrons. The summed E-state index contributed by atoms with van der Waals surface area (Å²) in [6.07, 6.45) is 0. The Kier molecular flexibility index (Phi) is 3.38. The van der Waals surface area contributed by atoms with Crippen molar-refractivity contribution in [2.75, 3.05) is 20.3 Å². The first-order chi connectivity index (χ1) is 8.13. The standard InChI is InChI=1S/C12H13BrN2O2/c1-16-10-3-2-8(4-9(10)13)11(15)12(5-14)6-17-7-12/h2-4,11H,6-7,15H2,1H3. The number of hydrogen-bond acceptors (Lipinski definition) is 4. The second kappa shape index (κ2) is 4.65. The van der Waals surface area contributed by atoms with Crippen molar-refractivity contribution in [3.8, 4) is 11.8 Å². The number of nitrogens with zero attached hydrogens (tertiary/aromatic N) is 1. The molecule has 1 unspecified atom stereocenters. The fourth-order valence-corrected chi connectivity index (χ4v) is 2.39. The SMILES string of the molecule is COc1ccc(C(N)C2(C#N)COC2)cc1Br. The monoisotopic (exact) mass is 296 g/mol. The van der Waals surface area contributed by atoms with Crippen molar-refractivity contribution in [2.45, 2.75) is 6.04 Å². The van der Waals surface area contributed by atoms with Crippen molar-refractivity contribution in [2.24, 2.45) is 11.1 Å². The van der Waals surface area contributed by atoms with Crippen LogP contribution in [0.4, 0.5) is 0 Å². The van der Waals surface area contributed by atoms with E-state index in [0.717, 1.165) is 15.8 Å². The van der Waals surface area contributed by atoms with Crippen LogP contribution in [-0.4, -0.2) is 20.3 Å². The van der Waals surface area contributed by atoms with E-state index in [1.54, 1.807) is 7.11 Å². The number of rotatable bonds is 3. The Balaban J connectivity index is 2.29. The minimum atomic E-state index is -0.589. The lowest BCUT2D eigenvalue weighted by molar-refractivity contribution is -0.0910. The van der Waals surface area contributed by atoms with Crippen LogP contribution >= 0.6 is 15.9 Å². The van der Waals surface area contributed by atoms with Gasteiger partial charge in [0.2, 0.25) is 0 Å². The predicted octanol–water partition coefficient (Wildman–Crippen LogP) is 2.00. The van der Waals surface area contributed by atoms with Crippen LogP contribution in [0.1, 0.15) is 11.6 Å². The van der Waals surface area contributed by atoms with Crippen LogP contribution in [0.15, 0.2) is 22.7 Å². The average molecular weight is 297 g/mol. The number of benzene rings is 1. The van der Waals surface area contributed by atoms with Gasteiger partial charge in [-0.3, -0.25) is 0 Å². The molecule has 1 aromatic rings. The Morgan fingerprint density at radius 2 is 2.29 bits per heavy atom. The third-order valence-corrected chi connectivity index (χ3v) is 3.69. The third-order valence-electron chi connectivity index (χ3n) is 3.07. The Labute approximate surface area is 108 Å². The summed E-state index contributed by atoms with van der Waals surface area (Å²) in [4.78, 5) is 0. The highest BCUT2D eigenvalue weighted by molar-refractivity contribution is 9.10. The molecule has 0 bridgehead atoms. The molecule has 1 aliphatic heterocycles. The van der Waals surface area contributed by atoms with Gasteiger partial charge in [-0.2, -0.15) is 5.26 Å². The number of nitriles is 1. The second-order valence-electron chi connectivity index (χ2n) is 4.13. The summed E-state index contributed by atoms with van der Waals surface area (Å²) in [5.41, 5.74) is 6.46. The molecule has 1 atom stereocenters. The van der Waals surface area contributed by atoms with Gasteiger partial charge in [0.1, 0.15) is 11.2 Å². The van der Waals surface area contributed by atoms with Gasteiger partial charge in [0, 0.05) is 0 Å². The molecule has 4 nitrogen and oxygen atoms in total. The Bertz CT molecular complexity index is 466. The van der Waals surface area contributed by atoms with Crippen molar-refractivity contribution in [1.82, 2.24) is 0 Å². The molecule has 1 aliphatic rings. The minimum Gasteiger partial charge on any atom is -0.496 e. The maximum absolute atomic E-state index is 9.19. The molecule has 90 valence electrons. The van der Waals surface area contributed by atoms with Gasteiger partial charge in [-0.15, -0.1) is 0 Å². The van der Waals surface area contributed by atoms with Gasteiger partial charge in [0.05, 0.1) is 36.9 Å². The molecule has 1 heterocycles. The fraction of sp³-hybridized carbons (Fsp3) is 0.417. The van der Waals surface area contributed by atoms with E-state index in [9.17, 15) is 5.26 Å². The molecule has 0 amide bonds. The second-order valence-corrected chi connectivity index (χ2v) is 4.99. The van der Waals surface area contributed by atoms with Crippen LogP contribution in [0.25, 0.3) is 0 Å². The zero-order valence-corrected chi connectivity index (χ0v) is 11.0. The average Bonchev–Trinajstić information content (AvgIpc) is 2.28. The minimum absolute atomic E-state index is 0.344. The van der Waals surface area contributed by atoms with Crippen LogP contribution in [0.3, 0.4) is 0 Å². The summed E-state index contributed by atoms with van der Waals surface area (Å²) in [6.45, 7) is 0.794. The molecule has 2 rings (SSSR count). The van der Waals surface area contributed by atoms with Crippen molar-refractivity contribution < 1.29 is 9.47 Å². The van der Waals surface area contributed by atoms with Crippen LogP contribution in [0.2, 0.25) is 0 Å². The molecule has 5 heteroatoms. The number of ether oxygens (including phenoxy) is 2. The number of halogens is 1. The van der Waals surface area contributed by atoms with Crippen LogP contribution in [-0.2, 0) is 4.74 Å². The summed E-state index contributed by atoms with van der Waals surface area (Å²) >= 11 is 3.41. The van der Waals surface area contributed by atoms with E-state index in [0.29, 0.717) is 13.2 Å². The van der Waals surface area contributed by atoms with Crippen LogP contribution in [0, 0.1) is 16.7 Å². The zero-order chi connectivity index (χ0) is 12.5. The highest BCUT2D eigenvalue weighted by atomic mass is 79.9. The molecule has 2 N–H and O–H groups in total. The lowest BCUT2D eigenvalue weighted by Crippen LogP contribution is -2.49. The van der Waals surface area contributed by atoms with Crippen molar-refractivity contribution in [3.63, 3.8) is 0 Å². The van der Waals surface area contributed by atoms with E-state index in [2.05, 4.69) is 22.0 Å². The first kappa shape index (κ1) is 12.4. The molecule has 1 aromatic carbocycles. The molecule has 0 saturated carbocycles. The lowest BCUT2D eigenvalue weighted by Gasteiger charge is -2.39. The van der Waals surface area contributed by atoms with E-state index in [-0.39, 0.29) is 6.04 Å². The van der Waals surface area contributed by atoms with Gasteiger partial charge < -0.3 is 15.2 Å². The maximum atomic E-state index is 9.19. The van der Waals surface area contributed by atoms with Gasteiger partial charge >= 0.3 is 0 Å². The lowest BCUT2D eigenvalue weighted by atomic mass is 9.77. The Morgan fingerprint density at radius 1 is 1.59 bits per heavy atom. The third kappa shape index (κ3) is 2.04. The van der Waals surface area contributed by atoms with Crippen molar-refractivity contribution >= 4 is 15.9 Å². The maximum Gasteiger partial charge on any atom is 0.133 e. The predicted molar refractivity (Wildman–Crippen MR) is 66.5 cm³/mol. The molecule has 1 fully saturated rings. The van der Waals surface area contributed by atoms with Gasteiger partial charge in [-0.1, -0.05) is 6.07 Å². The summed E-state index contributed by atoms with van der Waals surface area (Å²) < 4.78 is 11.1. The smallest absolute Gasteiger partial charge is 0.133 e. The van der Waals surface area contributed by atoms with E-state index in [4.69, 9.17) is 15.2 Å². The van der Waals surface area contributed by atoms with Crippen LogP contribution < -0.4 is 10.5 Å². The normalized spacial score (nSPS) is 18.9. The highest BCUT2D eigenvalue weighted by Crippen LogP contribution is 2.40.